The summed E-state index contributed by atoms with van der Waals surface area (Å²) in [5.74, 6) is -2.35. The summed E-state index contributed by atoms with van der Waals surface area (Å²) in [6, 6.07) is 1.10. The van der Waals surface area contributed by atoms with Gasteiger partial charge in [0, 0.05) is 4.90 Å². The van der Waals surface area contributed by atoms with Gasteiger partial charge >= 0.3 is 0 Å². The second-order valence-electron chi connectivity index (χ2n) is 2.63. The van der Waals surface area contributed by atoms with Crippen LogP contribution in [-0.2, 0) is 0 Å². The Morgan fingerprint density at radius 3 is 2.54 bits per heavy atom. The number of halogens is 2. The second kappa shape index (κ2) is 3.33. The second-order valence-corrected chi connectivity index (χ2v) is 3.07. The summed E-state index contributed by atoms with van der Waals surface area (Å²) in [6.45, 7) is 1.53. The van der Waals surface area contributed by atoms with Crippen molar-refractivity contribution in [2.45, 2.75) is 11.8 Å². The first-order valence-corrected chi connectivity index (χ1v) is 3.91. The highest BCUT2D eigenvalue weighted by Crippen LogP contribution is 2.23. The van der Waals surface area contributed by atoms with E-state index in [0.717, 1.165) is 6.07 Å². The molecule has 5 heteroatoms. The minimum absolute atomic E-state index is 0.0200. The standard InChI is InChI=1S/C8H8F2N2S/c1-3-2-4(9)5(8(11)12)6(10)7(3)13/h2,13H,1H3,(H3,11,12). The van der Waals surface area contributed by atoms with Crippen LogP contribution >= 0.6 is 12.6 Å². The maximum Gasteiger partial charge on any atom is 0.150 e. The van der Waals surface area contributed by atoms with Gasteiger partial charge in [-0.25, -0.2) is 8.78 Å². The highest BCUT2D eigenvalue weighted by Gasteiger charge is 2.16. The van der Waals surface area contributed by atoms with Crippen molar-refractivity contribution in [1.29, 1.82) is 5.41 Å². The molecule has 0 aliphatic rings. The smallest absolute Gasteiger partial charge is 0.150 e. The number of hydrogen-bond donors (Lipinski definition) is 3. The van der Waals surface area contributed by atoms with Gasteiger partial charge in [0.05, 0.1) is 5.56 Å². The lowest BCUT2D eigenvalue weighted by atomic mass is 10.1. The number of thiol groups is 1. The number of hydrogen-bond acceptors (Lipinski definition) is 2. The maximum absolute atomic E-state index is 13.2. The Kier molecular flexibility index (Phi) is 2.56. The summed E-state index contributed by atoms with van der Waals surface area (Å²) in [7, 11) is 0. The van der Waals surface area contributed by atoms with E-state index in [0.29, 0.717) is 5.56 Å². The number of rotatable bonds is 1. The van der Waals surface area contributed by atoms with Gasteiger partial charge < -0.3 is 5.73 Å². The molecule has 1 aromatic carbocycles. The molecular formula is C8H8F2N2S. The normalized spacial score (nSPS) is 10.2. The van der Waals surface area contributed by atoms with Gasteiger partial charge in [-0.3, -0.25) is 5.41 Å². The van der Waals surface area contributed by atoms with Crippen molar-refractivity contribution >= 4 is 18.5 Å². The van der Waals surface area contributed by atoms with Crippen LogP contribution in [0.25, 0.3) is 0 Å². The molecule has 0 unspecified atom stereocenters. The SMILES string of the molecule is Cc1cc(F)c(C(=N)N)c(F)c1S. The van der Waals surface area contributed by atoms with Crippen LogP contribution < -0.4 is 5.73 Å². The molecule has 0 aliphatic carbocycles. The van der Waals surface area contributed by atoms with Gasteiger partial charge in [0.1, 0.15) is 11.7 Å². The lowest BCUT2D eigenvalue weighted by molar-refractivity contribution is 0.558. The molecule has 1 aromatic rings. The van der Waals surface area contributed by atoms with E-state index in [1.165, 1.54) is 6.92 Å². The molecule has 0 aromatic heterocycles. The molecule has 0 radical (unpaired) electrons. The maximum atomic E-state index is 13.2. The molecule has 0 spiro atoms. The third-order valence-electron chi connectivity index (χ3n) is 1.65. The van der Waals surface area contributed by atoms with Crippen LogP contribution in [0.2, 0.25) is 0 Å². The molecule has 13 heavy (non-hydrogen) atoms. The van der Waals surface area contributed by atoms with Gasteiger partial charge in [0.15, 0.2) is 5.82 Å². The zero-order chi connectivity index (χ0) is 10.2. The van der Waals surface area contributed by atoms with Crippen molar-refractivity contribution < 1.29 is 8.78 Å². The van der Waals surface area contributed by atoms with E-state index >= 15 is 0 Å². The lowest BCUT2D eigenvalue weighted by Gasteiger charge is -2.07. The largest absolute Gasteiger partial charge is 0.384 e. The predicted molar refractivity (Wildman–Crippen MR) is 49.4 cm³/mol. The van der Waals surface area contributed by atoms with E-state index in [-0.39, 0.29) is 4.90 Å². The van der Waals surface area contributed by atoms with Gasteiger partial charge in [-0.2, -0.15) is 0 Å². The zero-order valence-electron chi connectivity index (χ0n) is 6.86. The molecule has 1 rings (SSSR count). The molecule has 3 N–H and O–H groups in total. The number of nitrogens with one attached hydrogen (secondary N) is 1. The summed E-state index contributed by atoms with van der Waals surface area (Å²) in [4.78, 5) is 0.0200. The summed E-state index contributed by atoms with van der Waals surface area (Å²) < 4.78 is 26.3. The van der Waals surface area contributed by atoms with E-state index in [1.807, 2.05) is 0 Å². The number of amidine groups is 1. The van der Waals surface area contributed by atoms with Crippen molar-refractivity contribution in [3.63, 3.8) is 0 Å². The molecule has 0 aliphatic heterocycles. The summed E-state index contributed by atoms with van der Waals surface area (Å²) in [6.07, 6.45) is 0. The van der Waals surface area contributed by atoms with Gasteiger partial charge in [-0.1, -0.05) is 0 Å². The van der Waals surface area contributed by atoms with Crippen molar-refractivity contribution in [2.24, 2.45) is 5.73 Å². The van der Waals surface area contributed by atoms with E-state index in [2.05, 4.69) is 12.6 Å². The highest BCUT2D eigenvalue weighted by molar-refractivity contribution is 7.80. The van der Waals surface area contributed by atoms with E-state index in [1.54, 1.807) is 0 Å². The van der Waals surface area contributed by atoms with Gasteiger partial charge in [-0.05, 0) is 18.6 Å². The molecule has 0 bridgehead atoms. The Morgan fingerprint density at radius 1 is 1.54 bits per heavy atom. The Labute approximate surface area is 79.7 Å². The molecule has 0 fully saturated rings. The molecule has 0 saturated heterocycles. The third-order valence-corrected chi connectivity index (χ3v) is 2.20. The van der Waals surface area contributed by atoms with Crippen LogP contribution in [0.3, 0.4) is 0 Å². The quantitative estimate of drug-likeness (QED) is 0.363. The fourth-order valence-corrected chi connectivity index (χ4v) is 1.15. The molecule has 0 amide bonds. The Balaban J connectivity index is 3.53. The fourth-order valence-electron chi connectivity index (χ4n) is 0.974. The first kappa shape index (κ1) is 9.98. The topological polar surface area (TPSA) is 49.9 Å². The fraction of sp³-hybridized carbons (Fsp3) is 0.125. The Morgan fingerprint density at radius 2 is 2.08 bits per heavy atom. The monoisotopic (exact) mass is 202 g/mol. The van der Waals surface area contributed by atoms with E-state index < -0.39 is 23.0 Å². The number of nitrogens with two attached hydrogens (primary N) is 1. The summed E-state index contributed by atoms with van der Waals surface area (Å²) in [5, 5.41) is 6.95. The van der Waals surface area contributed by atoms with Crippen LogP contribution in [0.4, 0.5) is 8.78 Å². The Bertz CT molecular complexity index is 377. The first-order chi connectivity index (χ1) is 5.95. The average Bonchev–Trinajstić information content (AvgIpc) is 1.99. The number of nitrogen functional groups attached to an aromatic ring is 1. The van der Waals surface area contributed by atoms with E-state index in [9.17, 15) is 8.78 Å². The third kappa shape index (κ3) is 1.65. The minimum Gasteiger partial charge on any atom is -0.384 e. The zero-order valence-corrected chi connectivity index (χ0v) is 7.75. The Hall–Kier alpha value is -1.10. The molecule has 0 saturated carbocycles. The molecular weight excluding hydrogens is 194 g/mol. The number of benzene rings is 1. The van der Waals surface area contributed by atoms with Crippen LogP contribution in [0.1, 0.15) is 11.1 Å². The molecule has 2 nitrogen and oxygen atoms in total. The van der Waals surface area contributed by atoms with Crippen LogP contribution in [0, 0.1) is 24.0 Å². The van der Waals surface area contributed by atoms with Crippen molar-refractivity contribution in [3.05, 3.63) is 28.8 Å². The molecule has 0 heterocycles. The van der Waals surface area contributed by atoms with Crippen molar-refractivity contribution in [1.82, 2.24) is 0 Å². The minimum atomic E-state index is -0.881. The van der Waals surface area contributed by atoms with Gasteiger partial charge in [-0.15, -0.1) is 12.6 Å². The lowest BCUT2D eigenvalue weighted by Crippen LogP contribution is -2.16. The van der Waals surface area contributed by atoms with Crippen LogP contribution in [-0.4, -0.2) is 5.84 Å². The predicted octanol–water partition coefficient (Wildman–Crippen LogP) is 1.85. The van der Waals surface area contributed by atoms with Crippen LogP contribution in [0.15, 0.2) is 11.0 Å². The van der Waals surface area contributed by atoms with Gasteiger partial charge in [0.25, 0.3) is 0 Å². The number of aryl methyl sites for hydroxylation is 1. The summed E-state index contributed by atoms with van der Waals surface area (Å²) >= 11 is 3.83. The average molecular weight is 202 g/mol. The van der Waals surface area contributed by atoms with Crippen molar-refractivity contribution in [3.8, 4) is 0 Å². The summed E-state index contributed by atoms with van der Waals surface area (Å²) in [5.41, 5.74) is 4.86. The van der Waals surface area contributed by atoms with Crippen LogP contribution in [0.5, 0.6) is 0 Å². The van der Waals surface area contributed by atoms with Crippen molar-refractivity contribution in [2.75, 3.05) is 0 Å². The van der Waals surface area contributed by atoms with Gasteiger partial charge in [0.2, 0.25) is 0 Å². The highest BCUT2D eigenvalue weighted by atomic mass is 32.1. The molecule has 0 atom stereocenters. The van der Waals surface area contributed by atoms with E-state index in [4.69, 9.17) is 11.1 Å². The molecule has 70 valence electrons. The first-order valence-electron chi connectivity index (χ1n) is 3.47.